The Morgan fingerprint density at radius 3 is 2.29 bits per heavy atom. The minimum atomic E-state index is -1.54. The van der Waals surface area contributed by atoms with Crippen molar-refractivity contribution < 1.29 is 13.8 Å². The van der Waals surface area contributed by atoms with E-state index in [1.54, 1.807) is 47.4 Å². The van der Waals surface area contributed by atoms with E-state index >= 15 is 0 Å². The molecule has 0 spiro atoms. The molecule has 0 unspecified atom stereocenters. The first-order chi connectivity index (χ1) is 16.5. The van der Waals surface area contributed by atoms with Crippen molar-refractivity contribution in [2.75, 3.05) is 18.0 Å². The van der Waals surface area contributed by atoms with E-state index in [4.69, 9.17) is 0 Å². The van der Waals surface area contributed by atoms with E-state index in [1.165, 1.54) is 0 Å². The fraction of sp³-hybridized carbons (Fsp3) is 0.286. The van der Waals surface area contributed by atoms with Gasteiger partial charge in [-0.15, -0.1) is 0 Å². The minimum Gasteiger partial charge on any atom is -0.339 e. The van der Waals surface area contributed by atoms with Gasteiger partial charge in [0.2, 0.25) is 0 Å². The molecule has 0 fully saturated rings. The Hall–Kier alpha value is -3.25. The van der Waals surface area contributed by atoms with Crippen LogP contribution >= 0.6 is 0 Å². The van der Waals surface area contributed by atoms with Gasteiger partial charge in [-0.25, -0.2) is 4.21 Å². The third kappa shape index (κ3) is 4.55. The number of benzene rings is 3. The molecule has 0 N–H and O–H groups in total. The van der Waals surface area contributed by atoms with Gasteiger partial charge in [-0.2, -0.15) is 0 Å². The Balaban J connectivity index is 1.86. The molecule has 2 amide bonds. The monoisotopic (exact) mass is 474 g/mol. The molecule has 0 saturated carbocycles. The highest BCUT2D eigenvalue weighted by molar-refractivity contribution is 7.85. The summed E-state index contributed by atoms with van der Waals surface area (Å²) in [4.78, 5) is 31.7. The number of carbonyl (C=O) groups excluding carboxylic acids is 2. The molecule has 176 valence electrons. The first-order valence-electron chi connectivity index (χ1n) is 11.8. The van der Waals surface area contributed by atoms with Gasteiger partial charge in [0.15, 0.2) is 0 Å². The molecule has 0 aromatic heterocycles. The van der Waals surface area contributed by atoms with Crippen LogP contribution in [-0.4, -0.2) is 34.0 Å². The average molecular weight is 475 g/mol. The summed E-state index contributed by atoms with van der Waals surface area (Å²) in [5.41, 5.74) is 3.53. The van der Waals surface area contributed by atoms with Gasteiger partial charge in [0.25, 0.3) is 11.8 Å². The smallest absolute Gasteiger partial charge is 0.259 e. The molecule has 4 rings (SSSR count). The second-order valence-corrected chi connectivity index (χ2v) is 9.97. The van der Waals surface area contributed by atoms with Crippen molar-refractivity contribution in [2.24, 2.45) is 0 Å². The fourth-order valence-electron chi connectivity index (χ4n) is 4.35. The number of carbonyl (C=O) groups is 2. The SMILES string of the molecule is CCCN(CCC)C(=O)c1ccc2c(c1)N(Cc1ccccc1C)C(=O)c1ccccc1[S@]2=O. The third-order valence-corrected chi connectivity index (χ3v) is 7.62. The zero-order valence-corrected chi connectivity index (χ0v) is 20.7. The van der Waals surface area contributed by atoms with Crippen LogP contribution in [0.15, 0.2) is 76.5 Å². The molecule has 0 saturated heterocycles. The summed E-state index contributed by atoms with van der Waals surface area (Å²) < 4.78 is 13.6. The maximum absolute atomic E-state index is 13.8. The highest BCUT2D eigenvalue weighted by Crippen LogP contribution is 2.36. The Kier molecular flexibility index (Phi) is 7.27. The van der Waals surface area contributed by atoms with Gasteiger partial charge in [0, 0.05) is 18.7 Å². The first-order valence-corrected chi connectivity index (χ1v) is 12.9. The summed E-state index contributed by atoms with van der Waals surface area (Å²) in [5, 5.41) is 0. The van der Waals surface area contributed by atoms with Crippen molar-refractivity contribution in [3.8, 4) is 0 Å². The quantitative estimate of drug-likeness (QED) is 0.449. The zero-order chi connectivity index (χ0) is 24.2. The van der Waals surface area contributed by atoms with E-state index in [1.807, 2.05) is 36.1 Å². The van der Waals surface area contributed by atoms with Gasteiger partial charge in [-0.1, -0.05) is 50.2 Å². The maximum Gasteiger partial charge on any atom is 0.259 e. The molecule has 3 aromatic rings. The van der Waals surface area contributed by atoms with Crippen LogP contribution in [-0.2, 0) is 17.3 Å². The van der Waals surface area contributed by atoms with Crippen molar-refractivity contribution in [3.05, 3.63) is 89.0 Å². The lowest BCUT2D eigenvalue weighted by Gasteiger charge is -2.26. The van der Waals surface area contributed by atoms with Gasteiger partial charge in [-0.3, -0.25) is 9.59 Å². The molecule has 0 radical (unpaired) electrons. The number of amides is 2. The van der Waals surface area contributed by atoms with Crippen LogP contribution in [0.4, 0.5) is 5.69 Å². The maximum atomic E-state index is 13.8. The summed E-state index contributed by atoms with van der Waals surface area (Å²) in [6, 6.07) is 20.2. The van der Waals surface area contributed by atoms with Crippen LogP contribution in [0.25, 0.3) is 0 Å². The summed E-state index contributed by atoms with van der Waals surface area (Å²) >= 11 is 0. The third-order valence-electron chi connectivity index (χ3n) is 6.12. The molecule has 34 heavy (non-hydrogen) atoms. The molecular weight excluding hydrogens is 444 g/mol. The molecule has 1 heterocycles. The van der Waals surface area contributed by atoms with Gasteiger partial charge in [0.05, 0.1) is 38.4 Å². The molecular formula is C28H30N2O3S. The molecule has 1 atom stereocenters. The summed E-state index contributed by atoms with van der Waals surface area (Å²) in [6.45, 7) is 7.79. The summed E-state index contributed by atoms with van der Waals surface area (Å²) in [6.07, 6.45) is 1.74. The highest BCUT2D eigenvalue weighted by atomic mass is 32.2. The molecule has 3 aromatic carbocycles. The van der Waals surface area contributed by atoms with Crippen LogP contribution in [0.5, 0.6) is 0 Å². The molecule has 1 aliphatic rings. The molecule has 1 aliphatic heterocycles. The number of fused-ring (bicyclic) bond motifs is 2. The van der Waals surface area contributed by atoms with E-state index in [-0.39, 0.29) is 11.8 Å². The topological polar surface area (TPSA) is 57.7 Å². The minimum absolute atomic E-state index is 0.0673. The van der Waals surface area contributed by atoms with Gasteiger partial charge >= 0.3 is 0 Å². The van der Waals surface area contributed by atoms with Crippen LogP contribution in [0.2, 0.25) is 0 Å². The van der Waals surface area contributed by atoms with Crippen molar-refractivity contribution in [2.45, 2.75) is 49.9 Å². The molecule has 5 nitrogen and oxygen atoms in total. The van der Waals surface area contributed by atoms with Crippen LogP contribution < -0.4 is 4.90 Å². The van der Waals surface area contributed by atoms with Crippen molar-refractivity contribution in [1.29, 1.82) is 0 Å². The molecule has 0 aliphatic carbocycles. The van der Waals surface area contributed by atoms with Gasteiger partial charge < -0.3 is 9.80 Å². The Bertz CT molecular complexity index is 1250. The first kappa shape index (κ1) is 23.9. The van der Waals surface area contributed by atoms with Crippen molar-refractivity contribution >= 4 is 28.3 Å². The van der Waals surface area contributed by atoms with Crippen LogP contribution in [0.1, 0.15) is 58.5 Å². The second kappa shape index (κ2) is 10.3. The second-order valence-electron chi connectivity index (χ2n) is 8.56. The van der Waals surface area contributed by atoms with Gasteiger partial charge in [-0.05, 0) is 61.2 Å². The largest absolute Gasteiger partial charge is 0.339 e. The zero-order valence-electron chi connectivity index (χ0n) is 19.9. The number of aryl methyl sites for hydroxylation is 1. The Morgan fingerprint density at radius 1 is 0.912 bits per heavy atom. The number of hydrogen-bond donors (Lipinski definition) is 0. The van der Waals surface area contributed by atoms with E-state index in [2.05, 4.69) is 13.8 Å². The standard InChI is InChI=1S/C28H30N2O3S/c1-4-16-29(17-5-2)27(31)21-14-15-26-24(18-21)30(19-22-11-7-6-10-20(22)3)28(32)23-12-8-9-13-25(23)34(26)33/h6-15,18H,4-5,16-17,19H2,1-3H3/t34-/m1/s1. The average Bonchev–Trinajstić information content (AvgIpc) is 2.94. The molecule has 0 bridgehead atoms. The van der Waals surface area contributed by atoms with Crippen molar-refractivity contribution in [1.82, 2.24) is 4.90 Å². The molecule has 6 heteroatoms. The van der Waals surface area contributed by atoms with E-state index in [0.29, 0.717) is 46.2 Å². The number of nitrogens with zero attached hydrogens (tertiary/aromatic N) is 2. The summed E-state index contributed by atoms with van der Waals surface area (Å²) in [7, 11) is -1.54. The van der Waals surface area contributed by atoms with Crippen LogP contribution in [0.3, 0.4) is 0 Å². The number of anilines is 1. The van der Waals surface area contributed by atoms with Crippen molar-refractivity contribution in [3.63, 3.8) is 0 Å². The lowest BCUT2D eigenvalue weighted by Crippen LogP contribution is -2.33. The lowest BCUT2D eigenvalue weighted by atomic mass is 10.1. The highest BCUT2D eigenvalue weighted by Gasteiger charge is 2.32. The van der Waals surface area contributed by atoms with Crippen LogP contribution in [0, 0.1) is 6.92 Å². The van der Waals surface area contributed by atoms with Gasteiger partial charge in [0.1, 0.15) is 0 Å². The van der Waals surface area contributed by atoms with E-state index < -0.39 is 10.8 Å². The Morgan fingerprint density at radius 2 is 1.59 bits per heavy atom. The Labute approximate surface area is 203 Å². The summed E-state index contributed by atoms with van der Waals surface area (Å²) in [5.74, 6) is -0.281. The van der Waals surface area contributed by atoms with E-state index in [9.17, 15) is 13.8 Å². The predicted molar refractivity (Wildman–Crippen MR) is 136 cm³/mol. The number of hydrogen-bond acceptors (Lipinski definition) is 3. The fourth-order valence-corrected chi connectivity index (χ4v) is 5.69. The number of rotatable bonds is 7. The normalized spacial score (nSPS) is 14.9. The lowest BCUT2D eigenvalue weighted by molar-refractivity contribution is 0.0755. The predicted octanol–water partition coefficient (Wildman–Crippen LogP) is 5.58. The van der Waals surface area contributed by atoms with E-state index in [0.717, 1.165) is 24.0 Å².